The molecule has 1 unspecified atom stereocenters. The molecule has 0 aromatic heterocycles. The molecule has 1 aliphatic heterocycles. The Morgan fingerprint density at radius 2 is 2.00 bits per heavy atom. The van der Waals surface area contributed by atoms with Gasteiger partial charge < -0.3 is 14.4 Å². The first kappa shape index (κ1) is 16.6. The van der Waals surface area contributed by atoms with Crippen LogP contribution in [0.2, 0.25) is 0 Å². The Morgan fingerprint density at radius 1 is 1.44 bits per heavy atom. The smallest absolute Gasteiger partial charge is 0.293 e. The molecule has 0 aromatic carbocycles. The Hall–Kier alpha value is -1.36. The molecule has 104 valence electrons. The summed E-state index contributed by atoms with van der Waals surface area (Å²) >= 11 is 0. The van der Waals surface area contributed by atoms with E-state index in [0.29, 0.717) is 13.1 Å². The Labute approximate surface area is 109 Å². The molecule has 0 bridgehead atoms. The third kappa shape index (κ3) is 4.49. The molecule has 0 aliphatic carbocycles. The highest BCUT2D eigenvalue weighted by Gasteiger charge is 2.35. The molecular weight excluding hydrogens is 234 g/mol. The molecule has 0 N–H and O–H groups in total. The number of methoxy groups -OCH3 is 1. The molecule has 1 amide bonds. The number of rotatable bonds is 3. The molecule has 1 atom stereocenters. The van der Waals surface area contributed by atoms with E-state index in [4.69, 9.17) is 4.74 Å². The molecule has 1 aliphatic rings. The molecular formula is C13H23NO4. The third-order valence-corrected chi connectivity index (χ3v) is 2.57. The van der Waals surface area contributed by atoms with Gasteiger partial charge in [0, 0.05) is 20.2 Å². The molecule has 5 heteroatoms. The topological polar surface area (TPSA) is 55.8 Å². The van der Waals surface area contributed by atoms with Gasteiger partial charge in [0.05, 0.1) is 6.61 Å². The van der Waals surface area contributed by atoms with Gasteiger partial charge in [-0.2, -0.15) is 0 Å². The van der Waals surface area contributed by atoms with Crippen molar-refractivity contribution in [3.8, 4) is 0 Å². The molecule has 0 saturated heterocycles. The number of likely N-dealkylation sites (N-methyl/N-ethyl adjacent to an activating group) is 1. The number of hydrogen-bond acceptors (Lipinski definition) is 4. The minimum atomic E-state index is -0.188. The first-order valence-corrected chi connectivity index (χ1v) is 5.86. The summed E-state index contributed by atoms with van der Waals surface area (Å²) in [6.45, 7) is 8.91. The highest BCUT2D eigenvalue weighted by molar-refractivity contribution is 5.91. The van der Waals surface area contributed by atoms with Gasteiger partial charge in [0.15, 0.2) is 6.23 Å². The number of carbonyl (C=O) groups is 2. The largest absolute Gasteiger partial charge is 0.468 e. The van der Waals surface area contributed by atoms with Crippen molar-refractivity contribution in [1.29, 1.82) is 0 Å². The predicted octanol–water partition coefficient (Wildman–Crippen LogP) is 1.58. The zero-order valence-electron chi connectivity index (χ0n) is 12.0. The minimum absolute atomic E-state index is 0.0128. The van der Waals surface area contributed by atoms with E-state index in [1.165, 1.54) is 0 Å². The van der Waals surface area contributed by atoms with E-state index in [1.807, 2.05) is 0 Å². The van der Waals surface area contributed by atoms with E-state index >= 15 is 0 Å². The zero-order valence-corrected chi connectivity index (χ0v) is 12.0. The van der Waals surface area contributed by atoms with Crippen LogP contribution in [0.15, 0.2) is 11.6 Å². The number of hydrogen-bond donors (Lipinski definition) is 0. The molecule has 0 fully saturated rings. The van der Waals surface area contributed by atoms with Crippen LogP contribution in [-0.2, 0) is 19.1 Å². The summed E-state index contributed by atoms with van der Waals surface area (Å²) in [7, 11) is 3.38. The van der Waals surface area contributed by atoms with E-state index < -0.39 is 0 Å². The standard InChI is InChI=1S/C10H17NO2.C3H6O2/c1-10(2,3)7-6-8(12)11(4)9(7)13-5;1-2-5-3-4/h6,9H,1-5H3;3H,2H2,1H3. The normalized spacial score (nSPS) is 19.0. The first-order chi connectivity index (χ1) is 8.29. The Bertz CT molecular complexity index is 317. The maximum Gasteiger partial charge on any atom is 0.293 e. The van der Waals surface area contributed by atoms with E-state index in [1.54, 1.807) is 32.1 Å². The van der Waals surface area contributed by atoms with Gasteiger partial charge in [-0.3, -0.25) is 9.59 Å². The maximum absolute atomic E-state index is 11.4. The van der Waals surface area contributed by atoms with Gasteiger partial charge in [0.2, 0.25) is 5.91 Å². The lowest BCUT2D eigenvalue weighted by Crippen LogP contribution is -2.35. The lowest BCUT2D eigenvalue weighted by Gasteiger charge is -2.28. The van der Waals surface area contributed by atoms with Gasteiger partial charge in [-0.15, -0.1) is 0 Å². The van der Waals surface area contributed by atoms with Crippen molar-refractivity contribution >= 4 is 12.4 Å². The van der Waals surface area contributed by atoms with E-state index in [9.17, 15) is 9.59 Å². The van der Waals surface area contributed by atoms with Crippen LogP contribution in [0.5, 0.6) is 0 Å². The summed E-state index contributed by atoms with van der Waals surface area (Å²) in [5.41, 5.74) is 1.03. The summed E-state index contributed by atoms with van der Waals surface area (Å²) in [5.74, 6) is 0.0248. The van der Waals surface area contributed by atoms with Crippen LogP contribution in [0.3, 0.4) is 0 Å². The van der Waals surface area contributed by atoms with Crippen LogP contribution in [0.1, 0.15) is 27.7 Å². The van der Waals surface area contributed by atoms with Gasteiger partial charge in [0.1, 0.15) is 0 Å². The van der Waals surface area contributed by atoms with Crippen molar-refractivity contribution in [1.82, 2.24) is 4.90 Å². The van der Waals surface area contributed by atoms with Gasteiger partial charge in [-0.05, 0) is 17.9 Å². The summed E-state index contributed by atoms with van der Waals surface area (Å²) < 4.78 is 9.42. The van der Waals surface area contributed by atoms with Crippen molar-refractivity contribution in [3.05, 3.63) is 11.6 Å². The molecule has 0 radical (unpaired) electrons. The van der Waals surface area contributed by atoms with Crippen molar-refractivity contribution in [2.45, 2.75) is 33.9 Å². The fourth-order valence-corrected chi connectivity index (χ4v) is 1.57. The lowest BCUT2D eigenvalue weighted by molar-refractivity contribution is -0.130. The lowest BCUT2D eigenvalue weighted by atomic mass is 9.86. The molecule has 0 saturated carbocycles. The Balaban J connectivity index is 0.000000494. The van der Waals surface area contributed by atoms with Gasteiger partial charge >= 0.3 is 0 Å². The van der Waals surface area contributed by atoms with Crippen LogP contribution in [0.4, 0.5) is 0 Å². The second kappa shape index (κ2) is 7.16. The van der Waals surface area contributed by atoms with Crippen LogP contribution >= 0.6 is 0 Å². The Morgan fingerprint density at radius 3 is 2.22 bits per heavy atom. The molecule has 0 spiro atoms. The molecule has 18 heavy (non-hydrogen) atoms. The average Bonchev–Trinajstić information content (AvgIpc) is 2.57. The van der Waals surface area contributed by atoms with Gasteiger partial charge in [0.25, 0.3) is 6.47 Å². The van der Waals surface area contributed by atoms with E-state index in [0.717, 1.165) is 5.57 Å². The van der Waals surface area contributed by atoms with Crippen molar-refractivity contribution < 1.29 is 19.1 Å². The molecule has 5 nitrogen and oxygen atoms in total. The zero-order chi connectivity index (χ0) is 14.3. The van der Waals surface area contributed by atoms with Crippen LogP contribution in [0.25, 0.3) is 0 Å². The highest BCUT2D eigenvalue weighted by atomic mass is 16.5. The SMILES string of the molecule is CCOC=O.COC1C(C(C)(C)C)=CC(=O)N1C. The second-order valence-electron chi connectivity index (χ2n) is 4.94. The number of ether oxygens (including phenoxy) is 2. The molecule has 1 rings (SSSR count). The average molecular weight is 257 g/mol. The monoisotopic (exact) mass is 257 g/mol. The second-order valence-corrected chi connectivity index (χ2v) is 4.94. The minimum Gasteiger partial charge on any atom is -0.468 e. The fourth-order valence-electron chi connectivity index (χ4n) is 1.57. The summed E-state index contributed by atoms with van der Waals surface area (Å²) in [4.78, 5) is 22.2. The molecule has 1 heterocycles. The summed E-state index contributed by atoms with van der Waals surface area (Å²) in [6.07, 6.45) is 1.49. The summed E-state index contributed by atoms with van der Waals surface area (Å²) in [6, 6.07) is 0. The molecule has 0 aromatic rings. The number of carbonyl (C=O) groups excluding carboxylic acids is 2. The first-order valence-electron chi connectivity index (χ1n) is 5.86. The van der Waals surface area contributed by atoms with Crippen LogP contribution < -0.4 is 0 Å². The van der Waals surface area contributed by atoms with E-state index in [-0.39, 0.29) is 17.6 Å². The van der Waals surface area contributed by atoms with Gasteiger partial charge in [-0.1, -0.05) is 20.8 Å². The quantitative estimate of drug-likeness (QED) is 0.720. The van der Waals surface area contributed by atoms with Crippen molar-refractivity contribution in [2.75, 3.05) is 20.8 Å². The predicted molar refractivity (Wildman–Crippen MR) is 68.8 cm³/mol. The van der Waals surface area contributed by atoms with E-state index in [2.05, 4.69) is 25.5 Å². The maximum atomic E-state index is 11.4. The van der Waals surface area contributed by atoms with Crippen molar-refractivity contribution in [3.63, 3.8) is 0 Å². The van der Waals surface area contributed by atoms with Crippen molar-refractivity contribution in [2.24, 2.45) is 5.41 Å². The van der Waals surface area contributed by atoms with Gasteiger partial charge in [-0.25, -0.2) is 0 Å². The number of nitrogens with zero attached hydrogens (tertiary/aromatic N) is 1. The third-order valence-electron chi connectivity index (χ3n) is 2.57. The highest BCUT2D eigenvalue weighted by Crippen LogP contribution is 2.33. The Kier molecular flexibility index (Phi) is 6.62. The van der Waals surface area contributed by atoms with Crippen LogP contribution in [0, 0.1) is 5.41 Å². The van der Waals surface area contributed by atoms with Crippen LogP contribution in [-0.4, -0.2) is 44.3 Å². The fraction of sp³-hybridized carbons (Fsp3) is 0.692. The summed E-state index contributed by atoms with van der Waals surface area (Å²) in [5, 5.41) is 0. The number of amides is 1.